The number of aliphatic hydroxyl groups is 2. The maximum atomic E-state index is 12.9. The number of sulfonamides is 1. The molecule has 7 nitrogen and oxygen atoms in total. The highest BCUT2D eigenvalue weighted by Gasteiger charge is 2.31. The molecule has 0 aliphatic heterocycles. The monoisotopic (exact) mass is 450 g/mol. The fraction of sp³-hybridized carbons (Fsp3) is 0.524. The van der Waals surface area contributed by atoms with Crippen LogP contribution in [0.1, 0.15) is 65.2 Å². The minimum absolute atomic E-state index is 0.0242. The number of thiazole rings is 1. The SMILES string of the molecule is CC(C)(O)c1nc(CO)c(S(=O)(=O)NC(=O)Cc2c3c(cc4c2CCC4)CCC3)s1. The molecule has 2 aliphatic rings. The number of hydrogen-bond acceptors (Lipinski definition) is 7. The molecule has 0 saturated heterocycles. The zero-order valence-electron chi connectivity index (χ0n) is 17.1. The van der Waals surface area contributed by atoms with Gasteiger partial charge in [0.15, 0.2) is 4.21 Å². The molecule has 3 N–H and O–H groups in total. The van der Waals surface area contributed by atoms with Crippen molar-refractivity contribution in [3.05, 3.63) is 44.6 Å². The molecule has 2 aliphatic carbocycles. The zero-order chi connectivity index (χ0) is 21.7. The van der Waals surface area contributed by atoms with Gasteiger partial charge < -0.3 is 10.2 Å². The molecule has 4 rings (SSSR count). The van der Waals surface area contributed by atoms with Gasteiger partial charge in [-0.2, -0.15) is 0 Å². The Hall–Kier alpha value is -1.81. The lowest BCUT2D eigenvalue weighted by molar-refractivity contribution is -0.118. The van der Waals surface area contributed by atoms with E-state index < -0.39 is 28.1 Å². The summed E-state index contributed by atoms with van der Waals surface area (Å²) in [5.74, 6) is -0.591. The van der Waals surface area contributed by atoms with Crippen molar-refractivity contribution in [1.29, 1.82) is 0 Å². The lowest BCUT2D eigenvalue weighted by Gasteiger charge is -2.15. The number of amides is 1. The van der Waals surface area contributed by atoms with Crippen molar-refractivity contribution in [3.63, 3.8) is 0 Å². The standard InChI is InChI=1S/C21H26N2O5S2/c1-21(2,26)20-22-17(11-24)19(29-20)30(27,28)23-18(25)10-16-14-7-3-5-12(14)9-13-6-4-8-15(13)16/h9,24,26H,3-8,10-11H2,1-2H3,(H,23,25). The van der Waals surface area contributed by atoms with Crippen LogP contribution in [0.15, 0.2) is 10.3 Å². The molecule has 162 valence electrons. The molecule has 0 saturated carbocycles. The van der Waals surface area contributed by atoms with Crippen molar-refractivity contribution in [2.24, 2.45) is 0 Å². The van der Waals surface area contributed by atoms with Crippen LogP contribution in [0.3, 0.4) is 0 Å². The van der Waals surface area contributed by atoms with Crippen molar-refractivity contribution in [2.75, 3.05) is 0 Å². The molecule has 2 aromatic rings. The number of benzene rings is 1. The van der Waals surface area contributed by atoms with E-state index in [0.717, 1.165) is 55.4 Å². The number of nitrogens with one attached hydrogen (secondary N) is 1. The highest BCUT2D eigenvalue weighted by Crippen LogP contribution is 2.36. The summed E-state index contributed by atoms with van der Waals surface area (Å²) in [6.07, 6.45) is 6.02. The molecule has 1 amide bonds. The topological polar surface area (TPSA) is 117 Å². The van der Waals surface area contributed by atoms with Crippen LogP contribution in [0.4, 0.5) is 0 Å². The third kappa shape index (κ3) is 3.91. The van der Waals surface area contributed by atoms with Crippen LogP contribution in [0.25, 0.3) is 0 Å². The molecule has 1 aromatic heterocycles. The molecule has 1 aromatic carbocycles. The van der Waals surface area contributed by atoms with Gasteiger partial charge in [-0.25, -0.2) is 18.1 Å². The first-order valence-electron chi connectivity index (χ1n) is 10.1. The molecular weight excluding hydrogens is 424 g/mol. The van der Waals surface area contributed by atoms with Crippen molar-refractivity contribution in [1.82, 2.24) is 9.71 Å². The molecule has 9 heteroatoms. The van der Waals surface area contributed by atoms with Gasteiger partial charge in [0.05, 0.1) is 18.7 Å². The van der Waals surface area contributed by atoms with E-state index in [-0.39, 0.29) is 21.3 Å². The largest absolute Gasteiger partial charge is 0.390 e. The normalized spacial score (nSPS) is 15.9. The van der Waals surface area contributed by atoms with E-state index in [0.29, 0.717) is 0 Å². The Labute approximate surface area is 180 Å². The van der Waals surface area contributed by atoms with E-state index >= 15 is 0 Å². The van der Waals surface area contributed by atoms with Crippen LogP contribution in [0.2, 0.25) is 0 Å². The van der Waals surface area contributed by atoms with Gasteiger partial charge in [0.2, 0.25) is 5.91 Å². The molecule has 0 spiro atoms. The van der Waals surface area contributed by atoms with Gasteiger partial charge in [-0.05, 0) is 80.2 Å². The van der Waals surface area contributed by atoms with Gasteiger partial charge in [0, 0.05) is 0 Å². The van der Waals surface area contributed by atoms with Crippen molar-refractivity contribution >= 4 is 27.3 Å². The van der Waals surface area contributed by atoms with Gasteiger partial charge in [-0.1, -0.05) is 6.07 Å². The highest BCUT2D eigenvalue weighted by molar-refractivity contribution is 7.92. The number of aromatic nitrogens is 1. The Morgan fingerprint density at radius 2 is 1.77 bits per heavy atom. The van der Waals surface area contributed by atoms with Gasteiger partial charge in [-0.3, -0.25) is 4.79 Å². The minimum Gasteiger partial charge on any atom is -0.390 e. The van der Waals surface area contributed by atoms with E-state index in [4.69, 9.17) is 0 Å². The lowest BCUT2D eigenvalue weighted by atomic mass is 9.92. The lowest BCUT2D eigenvalue weighted by Crippen LogP contribution is -2.32. The summed E-state index contributed by atoms with van der Waals surface area (Å²) in [5, 5.41) is 19.8. The summed E-state index contributed by atoms with van der Waals surface area (Å²) in [5.41, 5.74) is 4.58. The molecule has 30 heavy (non-hydrogen) atoms. The average Bonchev–Trinajstić information content (AvgIpc) is 3.38. The molecule has 0 bridgehead atoms. The number of nitrogens with zero attached hydrogens (tertiary/aromatic N) is 1. The molecule has 1 heterocycles. The van der Waals surface area contributed by atoms with Gasteiger partial charge in [0.25, 0.3) is 10.0 Å². The van der Waals surface area contributed by atoms with Crippen molar-refractivity contribution < 1.29 is 23.4 Å². The number of fused-ring (bicyclic) bond motifs is 2. The first-order valence-corrected chi connectivity index (χ1v) is 12.4. The van der Waals surface area contributed by atoms with Gasteiger partial charge in [-0.15, -0.1) is 11.3 Å². The number of aliphatic hydroxyl groups excluding tert-OH is 1. The fourth-order valence-corrected chi connectivity index (χ4v) is 6.94. The summed E-state index contributed by atoms with van der Waals surface area (Å²) in [4.78, 5) is 16.8. The van der Waals surface area contributed by atoms with Crippen LogP contribution < -0.4 is 4.72 Å². The van der Waals surface area contributed by atoms with E-state index in [9.17, 15) is 23.4 Å². The highest BCUT2D eigenvalue weighted by atomic mass is 32.2. The van der Waals surface area contributed by atoms with E-state index in [1.54, 1.807) is 0 Å². The number of rotatable bonds is 6. The first-order chi connectivity index (χ1) is 14.1. The smallest absolute Gasteiger partial charge is 0.275 e. The summed E-state index contributed by atoms with van der Waals surface area (Å²) >= 11 is 0.763. The number of aryl methyl sites for hydroxylation is 2. The van der Waals surface area contributed by atoms with Crippen LogP contribution in [-0.4, -0.2) is 29.5 Å². The van der Waals surface area contributed by atoms with Crippen LogP contribution in [-0.2, 0) is 59.1 Å². The Morgan fingerprint density at radius 1 is 1.17 bits per heavy atom. The second-order valence-electron chi connectivity index (χ2n) is 8.51. The third-order valence-electron chi connectivity index (χ3n) is 5.76. The summed E-state index contributed by atoms with van der Waals surface area (Å²) < 4.78 is 27.6. The van der Waals surface area contributed by atoms with Crippen LogP contribution in [0.5, 0.6) is 0 Å². The number of carbonyl (C=O) groups excluding carboxylic acids is 1. The fourth-order valence-electron chi connectivity index (χ4n) is 4.45. The molecule has 0 unspecified atom stereocenters. The summed E-state index contributed by atoms with van der Waals surface area (Å²) in [6.45, 7) is 2.37. The Kier molecular flexibility index (Phi) is 5.50. The molecule has 0 radical (unpaired) electrons. The molecule has 0 atom stereocenters. The van der Waals surface area contributed by atoms with Gasteiger partial charge in [0.1, 0.15) is 10.6 Å². The van der Waals surface area contributed by atoms with Crippen LogP contribution >= 0.6 is 11.3 Å². The second kappa shape index (κ2) is 7.71. The van der Waals surface area contributed by atoms with E-state index in [1.807, 2.05) is 0 Å². The minimum atomic E-state index is -4.20. The predicted molar refractivity (Wildman–Crippen MR) is 113 cm³/mol. The third-order valence-corrected chi connectivity index (χ3v) is 9.10. The maximum absolute atomic E-state index is 12.9. The van der Waals surface area contributed by atoms with Crippen molar-refractivity contribution in [2.45, 2.75) is 75.2 Å². The van der Waals surface area contributed by atoms with E-state index in [1.165, 1.54) is 36.1 Å². The van der Waals surface area contributed by atoms with Crippen molar-refractivity contribution in [3.8, 4) is 0 Å². The number of hydrogen-bond donors (Lipinski definition) is 3. The van der Waals surface area contributed by atoms with Gasteiger partial charge >= 0.3 is 0 Å². The Bertz CT molecular complexity index is 1080. The van der Waals surface area contributed by atoms with Crippen LogP contribution in [0, 0.1) is 0 Å². The second-order valence-corrected chi connectivity index (χ2v) is 11.4. The summed E-state index contributed by atoms with van der Waals surface area (Å²) in [6, 6.07) is 2.27. The molecular formula is C21H26N2O5S2. The Balaban J connectivity index is 1.61. The predicted octanol–water partition coefficient (Wildman–Crippen LogP) is 1.89. The number of carbonyl (C=O) groups is 1. The zero-order valence-corrected chi connectivity index (χ0v) is 18.8. The van der Waals surface area contributed by atoms with E-state index in [2.05, 4.69) is 15.8 Å². The quantitative estimate of drug-likeness (QED) is 0.619. The Morgan fingerprint density at radius 3 is 2.30 bits per heavy atom. The molecule has 0 fully saturated rings. The maximum Gasteiger partial charge on any atom is 0.275 e. The first kappa shape index (κ1) is 21.4. The summed E-state index contributed by atoms with van der Waals surface area (Å²) in [7, 11) is -4.20. The average molecular weight is 451 g/mol.